The molecule has 0 unspecified atom stereocenters. The van der Waals surface area contributed by atoms with Crippen molar-refractivity contribution in [3.8, 4) is 73.1 Å². The van der Waals surface area contributed by atoms with Gasteiger partial charge < -0.3 is 8.98 Å². The highest BCUT2D eigenvalue weighted by molar-refractivity contribution is 6.09. The zero-order chi connectivity index (χ0) is 35.8. The van der Waals surface area contributed by atoms with Gasteiger partial charge in [0.1, 0.15) is 0 Å². The smallest absolute Gasteiger partial charge is 0.248 e. The number of para-hydroxylation sites is 2. The van der Waals surface area contributed by atoms with Crippen LogP contribution in [0, 0.1) is 0 Å². The Balaban J connectivity index is 0.969. The molecule has 4 heteroatoms. The SMILES string of the molecule is c1ccc(-c2ccccc2-c2nnc(-c3ccc(-c4ccccc4-c4ccccc4-c4ccc(-n5c6ccccc6c6ccccc65)cc4)cc3)o2)cc1. The molecule has 0 bridgehead atoms. The fraction of sp³-hybridized carbons (Fsp3) is 0. The fourth-order valence-electron chi connectivity index (χ4n) is 7.71. The second kappa shape index (κ2) is 13.4. The maximum atomic E-state index is 6.27. The van der Waals surface area contributed by atoms with E-state index < -0.39 is 0 Å². The number of nitrogens with zero attached hydrogens (tertiary/aromatic N) is 3. The highest BCUT2D eigenvalue weighted by atomic mass is 16.4. The lowest BCUT2D eigenvalue weighted by atomic mass is 9.89. The van der Waals surface area contributed by atoms with Gasteiger partial charge in [-0.3, -0.25) is 0 Å². The Morgan fingerprint density at radius 3 is 1.26 bits per heavy atom. The molecule has 2 aromatic heterocycles. The van der Waals surface area contributed by atoms with Crippen molar-refractivity contribution in [1.82, 2.24) is 14.8 Å². The normalized spacial score (nSPS) is 11.3. The topological polar surface area (TPSA) is 43.9 Å². The van der Waals surface area contributed by atoms with Gasteiger partial charge in [0.2, 0.25) is 11.8 Å². The standard InChI is InChI=1S/C50H33N3O/c1-2-14-34(15-3-1)41-18-6-9-23-46(41)50-52-51-49(54-50)37-28-26-35(27-29-37)39-16-4-7-19-42(39)43-20-8-5-17-40(43)36-30-32-38(33-31-36)53-47-24-12-10-21-44(47)45-22-11-13-25-48(45)53/h1-33H. The zero-order valence-corrected chi connectivity index (χ0v) is 29.3. The third kappa shape index (κ3) is 5.49. The van der Waals surface area contributed by atoms with Crippen molar-refractivity contribution in [2.24, 2.45) is 0 Å². The van der Waals surface area contributed by atoms with E-state index in [-0.39, 0.29) is 0 Å². The van der Waals surface area contributed by atoms with E-state index in [1.54, 1.807) is 0 Å². The molecule has 8 aromatic carbocycles. The van der Waals surface area contributed by atoms with Crippen LogP contribution in [0.15, 0.2) is 205 Å². The summed E-state index contributed by atoms with van der Waals surface area (Å²) in [6, 6.07) is 70.3. The van der Waals surface area contributed by atoms with E-state index in [1.165, 1.54) is 44.1 Å². The lowest BCUT2D eigenvalue weighted by molar-refractivity contribution is 0.585. The van der Waals surface area contributed by atoms with Gasteiger partial charge in [-0.1, -0.05) is 158 Å². The van der Waals surface area contributed by atoms with E-state index in [4.69, 9.17) is 4.42 Å². The molecule has 10 aromatic rings. The Morgan fingerprint density at radius 2 is 0.685 bits per heavy atom. The molecule has 10 rings (SSSR count). The first-order valence-corrected chi connectivity index (χ1v) is 18.2. The van der Waals surface area contributed by atoms with Crippen LogP contribution >= 0.6 is 0 Å². The summed E-state index contributed by atoms with van der Waals surface area (Å²) < 4.78 is 8.63. The molecule has 0 radical (unpaired) electrons. The average Bonchev–Trinajstić information content (AvgIpc) is 3.88. The average molecular weight is 692 g/mol. The summed E-state index contributed by atoms with van der Waals surface area (Å²) >= 11 is 0. The van der Waals surface area contributed by atoms with E-state index in [0.29, 0.717) is 11.8 Å². The van der Waals surface area contributed by atoms with Crippen LogP contribution in [0.2, 0.25) is 0 Å². The van der Waals surface area contributed by atoms with Gasteiger partial charge in [0, 0.05) is 27.6 Å². The number of hydrogen-bond acceptors (Lipinski definition) is 3. The van der Waals surface area contributed by atoms with Crippen molar-refractivity contribution in [3.63, 3.8) is 0 Å². The molecule has 0 N–H and O–H groups in total. The fourth-order valence-corrected chi connectivity index (χ4v) is 7.71. The zero-order valence-electron chi connectivity index (χ0n) is 29.3. The summed E-state index contributed by atoms with van der Waals surface area (Å²) in [4.78, 5) is 0. The minimum Gasteiger partial charge on any atom is -0.416 e. The Bertz CT molecular complexity index is 2870. The third-order valence-electron chi connectivity index (χ3n) is 10.3. The van der Waals surface area contributed by atoms with E-state index in [1.807, 2.05) is 36.4 Å². The lowest BCUT2D eigenvalue weighted by Crippen LogP contribution is -1.94. The monoisotopic (exact) mass is 691 g/mol. The van der Waals surface area contributed by atoms with Crippen molar-refractivity contribution in [2.75, 3.05) is 0 Å². The minimum atomic E-state index is 0.488. The third-order valence-corrected chi connectivity index (χ3v) is 10.3. The highest BCUT2D eigenvalue weighted by Crippen LogP contribution is 2.40. The quantitative estimate of drug-likeness (QED) is 0.167. The van der Waals surface area contributed by atoms with Gasteiger partial charge >= 0.3 is 0 Å². The van der Waals surface area contributed by atoms with Crippen LogP contribution in [0.1, 0.15) is 0 Å². The minimum absolute atomic E-state index is 0.488. The Morgan fingerprint density at radius 1 is 0.296 bits per heavy atom. The first-order chi connectivity index (χ1) is 26.8. The molecule has 0 spiro atoms. The Hall–Kier alpha value is -7.30. The molecule has 54 heavy (non-hydrogen) atoms. The highest BCUT2D eigenvalue weighted by Gasteiger charge is 2.17. The number of benzene rings is 8. The predicted octanol–water partition coefficient (Wildman–Crippen LogP) is 13.2. The van der Waals surface area contributed by atoms with Crippen molar-refractivity contribution in [3.05, 3.63) is 200 Å². The second-order valence-electron chi connectivity index (χ2n) is 13.4. The van der Waals surface area contributed by atoms with Crippen LogP contribution in [0.25, 0.3) is 94.9 Å². The summed E-state index contributed by atoms with van der Waals surface area (Å²) in [7, 11) is 0. The van der Waals surface area contributed by atoms with Crippen LogP contribution < -0.4 is 0 Å². The molecule has 0 fully saturated rings. The second-order valence-corrected chi connectivity index (χ2v) is 13.4. The van der Waals surface area contributed by atoms with E-state index >= 15 is 0 Å². The summed E-state index contributed by atoms with van der Waals surface area (Å²) in [6.45, 7) is 0. The maximum absolute atomic E-state index is 6.27. The summed E-state index contributed by atoms with van der Waals surface area (Å²) in [6.07, 6.45) is 0. The first kappa shape index (κ1) is 31.4. The van der Waals surface area contributed by atoms with Gasteiger partial charge in [0.15, 0.2) is 0 Å². The predicted molar refractivity (Wildman–Crippen MR) is 221 cm³/mol. The van der Waals surface area contributed by atoms with Gasteiger partial charge in [0.25, 0.3) is 0 Å². The summed E-state index contributed by atoms with van der Waals surface area (Å²) in [5.41, 5.74) is 14.5. The van der Waals surface area contributed by atoms with Gasteiger partial charge in [-0.05, 0) is 87.0 Å². The molecule has 0 aliphatic rings. The van der Waals surface area contributed by atoms with Gasteiger partial charge in [-0.2, -0.15) is 0 Å². The molecule has 4 nitrogen and oxygen atoms in total. The van der Waals surface area contributed by atoms with Crippen molar-refractivity contribution < 1.29 is 4.42 Å². The van der Waals surface area contributed by atoms with Crippen LogP contribution in [0.4, 0.5) is 0 Å². The van der Waals surface area contributed by atoms with Crippen molar-refractivity contribution in [2.45, 2.75) is 0 Å². The number of hydrogen-bond donors (Lipinski definition) is 0. The molecule has 0 atom stereocenters. The Kier molecular flexibility index (Phi) is 7.77. The molecule has 2 heterocycles. The molecular formula is C50H33N3O. The molecule has 0 saturated carbocycles. The Labute approximate surface area is 313 Å². The molecule has 0 amide bonds. The van der Waals surface area contributed by atoms with Crippen LogP contribution in [-0.2, 0) is 0 Å². The van der Waals surface area contributed by atoms with E-state index in [2.05, 4.69) is 179 Å². The van der Waals surface area contributed by atoms with E-state index in [9.17, 15) is 0 Å². The van der Waals surface area contributed by atoms with E-state index in [0.717, 1.165) is 39.1 Å². The number of rotatable bonds is 7. The van der Waals surface area contributed by atoms with Crippen LogP contribution in [0.5, 0.6) is 0 Å². The lowest BCUT2D eigenvalue weighted by Gasteiger charge is -2.15. The number of aromatic nitrogens is 3. The van der Waals surface area contributed by atoms with Crippen molar-refractivity contribution in [1.29, 1.82) is 0 Å². The molecule has 0 saturated heterocycles. The summed E-state index contributed by atoms with van der Waals surface area (Å²) in [5.74, 6) is 0.987. The van der Waals surface area contributed by atoms with Crippen LogP contribution in [0.3, 0.4) is 0 Å². The molecule has 0 aliphatic heterocycles. The van der Waals surface area contributed by atoms with Gasteiger partial charge in [-0.25, -0.2) is 0 Å². The van der Waals surface area contributed by atoms with Crippen LogP contribution in [-0.4, -0.2) is 14.8 Å². The largest absolute Gasteiger partial charge is 0.416 e. The maximum Gasteiger partial charge on any atom is 0.248 e. The van der Waals surface area contributed by atoms with Crippen molar-refractivity contribution >= 4 is 21.8 Å². The molecular weight excluding hydrogens is 659 g/mol. The molecule has 0 aliphatic carbocycles. The summed E-state index contributed by atoms with van der Waals surface area (Å²) in [5, 5.41) is 11.4. The van der Waals surface area contributed by atoms with Gasteiger partial charge in [-0.15, -0.1) is 10.2 Å². The number of fused-ring (bicyclic) bond motifs is 3. The molecule has 254 valence electrons. The van der Waals surface area contributed by atoms with Gasteiger partial charge in [0.05, 0.1) is 11.0 Å². The first-order valence-electron chi connectivity index (χ1n) is 18.2.